The van der Waals surface area contributed by atoms with E-state index >= 15 is 0 Å². The first-order chi connectivity index (χ1) is 15.9. The summed E-state index contributed by atoms with van der Waals surface area (Å²) >= 11 is 0. The molecule has 1 saturated carbocycles. The fraction of sp³-hybridized carbons (Fsp3) is 0.571. The Morgan fingerprint density at radius 2 is 1.67 bits per heavy atom. The highest BCUT2D eigenvalue weighted by molar-refractivity contribution is 5.86. The van der Waals surface area contributed by atoms with Crippen LogP contribution < -0.4 is 0 Å². The average Bonchev–Trinajstić information content (AvgIpc) is 3.30. The van der Waals surface area contributed by atoms with Crippen LogP contribution in [0.3, 0.4) is 0 Å². The molecular weight excluding hydrogens is 410 g/mol. The summed E-state index contributed by atoms with van der Waals surface area (Å²) in [4.78, 5) is 30.8. The first kappa shape index (κ1) is 23.6. The van der Waals surface area contributed by atoms with Crippen LogP contribution in [0.25, 0.3) is 0 Å². The molecule has 0 N–H and O–H groups in total. The molecule has 33 heavy (non-hydrogen) atoms. The van der Waals surface area contributed by atoms with Gasteiger partial charge in [-0.3, -0.25) is 9.59 Å². The summed E-state index contributed by atoms with van der Waals surface area (Å²) in [6.07, 6.45) is 7.47. The summed E-state index contributed by atoms with van der Waals surface area (Å²) in [5.74, 6) is 0.749. The SMILES string of the molecule is CC(C)c1ccc(C2c3cccn3CCN2C(=O)CN(C(=O)C2CCCCC2)C(C)C)cc1. The van der Waals surface area contributed by atoms with Crippen LogP contribution in [0.15, 0.2) is 42.6 Å². The Kier molecular flexibility index (Phi) is 7.26. The molecule has 1 aromatic heterocycles. The first-order valence-corrected chi connectivity index (χ1v) is 12.7. The summed E-state index contributed by atoms with van der Waals surface area (Å²) in [5, 5.41) is 0. The van der Waals surface area contributed by atoms with E-state index in [1.165, 1.54) is 12.0 Å². The van der Waals surface area contributed by atoms with Gasteiger partial charge in [-0.15, -0.1) is 0 Å². The lowest BCUT2D eigenvalue weighted by Crippen LogP contribution is -2.50. The van der Waals surface area contributed by atoms with Crippen molar-refractivity contribution in [3.8, 4) is 0 Å². The Hall–Kier alpha value is -2.56. The summed E-state index contributed by atoms with van der Waals surface area (Å²) in [6.45, 7) is 10.0. The monoisotopic (exact) mass is 449 g/mol. The van der Waals surface area contributed by atoms with Crippen LogP contribution in [0, 0.1) is 5.92 Å². The molecule has 2 heterocycles. The zero-order valence-corrected chi connectivity index (χ0v) is 20.7. The maximum absolute atomic E-state index is 13.7. The summed E-state index contributed by atoms with van der Waals surface area (Å²) in [6, 6.07) is 12.8. The Morgan fingerprint density at radius 3 is 2.30 bits per heavy atom. The number of hydrogen-bond donors (Lipinski definition) is 0. The van der Waals surface area contributed by atoms with Gasteiger partial charge >= 0.3 is 0 Å². The van der Waals surface area contributed by atoms with E-state index in [0.29, 0.717) is 12.5 Å². The standard InChI is InChI=1S/C28H39N3O2/c1-20(2)22-12-14-23(15-13-22)27-25-11-8-16-29(25)17-18-30(27)26(32)19-31(21(3)4)28(33)24-9-6-5-7-10-24/h8,11-16,20-21,24,27H,5-7,9-10,17-19H2,1-4H3. The smallest absolute Gasteiger partial charge is 0.243 e. The van der Waals surface area contributed by atoms with Crippen molar-refractivity contribution >= 4 is 11.8 Å². The number of hydrogen-bond acceptors (Lipinski definition) is 2. The van der Waals surface area contributed by atoms with E-state index in [9.17, 15) is 9.59 Å². The van der Waals surface area contributed by atoms with Crippen molar-refractivity contribution in [2.45, 2.75) is 84.3 Å². The fourth-order valence-electron chi connectivity index (χ4n) is 5.40. The van der Waals surface area contributed by atoms with Gasteiger partial charge in [0.05, 0.1) is 6.04 Å². The Labute approximate surface area is 198 Å². The summed E-state index contributed by atoms with van der Waals surface area (Å²) in [7, 11) is 0. The molecule has 1 aromatic carbocycles. The van der Waals surface area contributed by atoms with Gasteiger partial charge in [0.2, 0.25) is 11.8 Å². The van der Waals surface area contributed by atoms with Gasteiger partial charge in [0.15, 0.2) is 0 Å². The molecule has 0 radical (unpaired) electrons. The lowest BCUT2D eigenvalue weighted by atomic mass is 9.88. The van der Waals surface area contributed by atoms with Gasteiger partial charge in [0, 0.05) is 36.9 Å². The number of aromatic nitrogens is 1. The molecule has 1 atom stereocenters. The second kappa shape index (κ2) is 10.1. The molecule has 0 spiro atoms. The summed E-state index contributed by atoms with van der Waals surface area (Å²) in [5.41, 5.74) is 3.57. The highest BCUT2D eigenvalue weighted by Crippen LogP contribution is 2.34. The Balaban J connectivity index is 1.58. The van der Waals surface area contributed by atoms with Crippen LogP contribution in [0.4, 0.5) is 0 Å². The number of nitrogens with zero attached hydrogens (tertiary/aromatic N) is 3. The molecule has 1 aliphatic carbocycles. The van der Waals surface area contributed by atoms with Crippen LogP contribution >= 0.6 is 0 Å². The summed E-state index contributed by atoms with van der Waals surface area (Å²) < 4.78 is 2.25. The van der Waals surface area contributed by atoms with E-state index in [-0.39, 0.29) is 36.4 Å². The Bertz CT molecular complexity index is 954. The molecule has 2 aromatic rings. The topological polar surface area (TPSA) is 45.6 Å². The number of amides is 2. The molecule has 5 nitrogen and oxygen atoms in total. The van der Waals surface area contributed by atoms with E-state index in [2.05, 4.69) is 61.0 Å². The Morgan fingerprint density at radius 1 is 0.970 bits per heavy atom. The molecular formula is C28H39N3O2. The van der Waals surface area contributed by atoms with Crippen molar-refractivity contribution in [1.29, 1.82) is 0 Å². The van der Waals surface area contributed by atoms with E-state index in [1.54, 1.807) is 0 Å². The van der Waals surface area contributed by atoms with E-state index < -0.39 is 0 Å². The lowest BCUT2D eigenvalue weighted by Gasteiger charge is -2.39. The normalized spacial score (nSPS) is 19.1. The zero-order chi connectivity index (χ0) is 23.5. The minimum atomic E-state index is -0.124. The molecule has 4 rings (SSSR count). The number of carbonyl (C=O) groups excluding carboxylic acids is 2. The highest BCUT2D eigenvalue weighted by Gasteiger charge is 2.35. The number of benzene rings is 1. The van der Waals surface area contributed by atoms with E-state index in [0.717, 1.165) is 43.5 Å². The minimum Gasteiger partial charge on any atom is -0.348 e. The quantitative estimate of drug-likeness (QED) is 0.596. The van der Waals surface area contributed by atoms with Crippen LogP contribution in [0.2, 0.25) is 0 Å². The van der Waals surface area contributed by atoms with Gasteiger partial charge in [-0.25, -0.2) is 0 Å². The molecule has 2 amide bonds. The van der Waals surface area contributed by atoms with Gasteiger partial charge in [0.1, 0.15) is 6.54 Å². The van der Waals surface area contributed by atoms with Crippen LogP contribution in [0.5, 0.6) is 0 Å². The van der Waals surface area contributed by atoms with Crippen molar-refractivity contribution < 1.29 is 9.59 Å². The first-order valence-electron chi connectivity index (χ1n) is 12.7. The second-order valence-corrected chi connectivity index (χ2v) is 10.3. The van der Waals surface area contributed by atoms with E-state index in [4.69, 9.17) is 0 Å². The third kappa shape index (κ3) is 5.02. The second-order valence-electron chi connectivity index (χ2n) is 10.3. The molecule has 0 saturated heterocycles. The van der Waals surface area contributed by atoms with Gasteiger partial charge in [-0.05, 0) is 55.9 Å². The van der Waals surface area contributed by atoms with Crippen molar-refractivity contribution in [3.05, 3.63) is 59.4 Å². The molecule has 2 aliphatic rings. The van der Waals surface area contributed by atoms with Crippen molar-refractivity contribution in [1.82, 2.24) is 14.4 Å². The molecule has 1 unspecified atom stereocenters. The number of rotatable bonds is 6. The average molecular weight is 450 g/mol. The van der Waals surface area contributed by atoms with Gasteiger partial charge in [-0.1, -0.05) is 57.4 Å². The van der Waals surface area contributed by atoms with Gasteiger partial charge < -0.3 is 14.4 Å². The zero-order valence-electron chi connectivity index (χ0n) is 20.7. The van der Waals surface area contributed by atoms with Crippen LogP contribution in [-0.4, -0.2) is 45.3 Å². The van der Waals surface area contributed by atoms with E-state index in [1.807, 2.05) is 23.6 Å². The molecule has 5 heteroatoms. The lowest BCUT2D eigenvalue weighted by molar-refractivity contribution is -0.146. The predicted molar refractivity (Wildman–Crippen MR) is 132 cm³/mol. The van der Waals surface area contributed by atoms with Crippen LogP contribution in [0.1, 0.15) is 88.6 Å². The van der Waals surface area contributed by atoms with Gasteiger partial charge in [0.25, 0.3) is 0 Å². The van der Waals surface area contributed by atoms with Crippen LogP contribution in [-0.2, 0) is 16.1 Å². The highest BCUT2D eigenvalue weighted by atomic mass is 16.2. The minimum absolute atomic E-state index is 0.0146. The fourth-order valence-corrected chi connectivity index (χ4v) is 5.40. The third-order valence-electron chi connectivity index (χ3n) is 7.44. The third-order valence-corrected chi connectivity index (χ3v) is 7.44. The van der Waals surface area contributed by atoms with Gasteiger partial charge in [-0.2, -0.15) is 0 Å². The maximum atomic E-state index is 13.7. The van der Waals surface area contributed by atoms with Crippen molar-refractivity contribution in [2.24, 2.45) is 5.92 Å². The molecule has 1 fully saturated rings. The number of fused-ring (bicyclic) bond motifs is 1. The maximum Gasteiger partial charge on any atom is 0.243 e. The molecule has 178 valence electrons. The predicted octanol–water partition coefficient (Wildman–Crippen LogP) is 5.36. The van der Waals surface area contributed by atoms with Crippen molar-refractivity contribution in [2.75, 3.05) is 13.1 Å². The number of carbonyl (C=O) groups is 2. The molecule has 0 bridgehead atoms. The largest absolute Gasteiger partial charge is 0.348 e. The van der Waals surface area contributed by atoms with Crippen molar-refractivity contribution in [3.63, 3.8) is 0 Å². The molecule has 1 aliphatic heterocycles.